The average Bonchev–Trinajstić information content (AvgIpc) is 2.42. The molecule has 2 N–H and O–H groups in total. The summed E-state index contributed by atoms with van der Waals surface area (Å²) < 4.78 is 25.2. The first-order valence-electron chi connectivity index (χ1n) is 5.56. The number of nitrogens with zero attached hydrogens (tertiary/aromatic N) is 1. The molecular weight excluding hydrogens is 244 g/mol. The summed E-state index contributed by atoms with van der Waals surface area (Å²) in [7, 11) is -3.69. The van der Waals surface area contributed by atoms with Crippen LogP contribution in [0.4, 0.5) is 0 Å². The molecule has 0 aromatic rings. The Morgan fingerprint density at radius 1 is 1.35 bits per heavy atom. The summed E-state index contributed by atoms with van der Waals surface area (Å²) in [6.45, 7) is 0. The van der Waals surface area contributed by atoms with Crippen molar-refractivity contribution in [1.29, 1.82) is 5.26 Å². The van der Waals surface area contributed by atoms with E-state index in [1.165, 1.54) is 0 Å². The first-order chi connectivity index (χ1) is 7.96. The number of nitrogens with one attached hydrogen (secondary N) is 1. The summed E-state index contributed by atoms with van der Waals surface area (Å²) in [5.41, 5.74) is 0. The fourth-order valence-electron chi connectivity index (χ4n) is 2.10. The number of carboxylic acids is 1. The third kappa shape index (κ3) is 4.32. The number of nitriles is 1. The van der Waals surface area contributed by atoms with Crippen LogP contribution < -0.4 is 4.72 Å². The Bertz CT molecular complexity index is 413. The minimum atomic E-state index is -3.69. The van der Waals surface area contributed by atoms with Gasteiger partial charge in [-0.05, 0) is 12.8 Å². The number of hydrogen-bond donors (Lipinski definition) is 2. The highest BCUT2D eigenvalue weighted by molar-refractivity contribution is 7.89. The molecule has 0 aliphatic heterocycles. The molecule has 1 fully saturated rings. The van der Waals surface area contributed by atoms with E-state index in [0.29, 0.717) is 12.8 Å². The van der Waals surface area contributed by atoms with E-state index < -0.39 is 33.7 Å². The number of rotatable bonds is 4. The Morgan fingerprint density at radius 3 is 2.59 bits per heavy atom. The summed E-state index contributed by atoms with van der Waals surface area (Å²) in [4.78, 5) is 11.1. The van der Waals surface area contributed by atoms with Crippen molar-refractivity contribution < 1.29 is 18.3 Å². The number of carbonyl (C=O) groups is 1. The van der Waals surface area contributed by atoms with Crippen molar-refractivity contribution in [2.24, 2.45) is 5.92 Å². The number of carboxylic acid groups (broad SMARTS) is 1. The van der Waals surface area contributed by atoms with Gasteiger partial charge in [-0.1, -0.05) is 19.3 Å². The second-order valence-electron chi connectivity index (χ2n) is 4.22. The van der Waals surface area contributed by atoms with Crippen molar-refractivity contribution in [3.05, 3.63) is 0 Å². The lowest BCUT2D eigenvalue weighted by atomic mass is 9.96. The van der Waals surface area contributed by atoms with Crippen LogP contribution >= 0.6 is 0 Å². The van der Waals surface area contributed by atoms with E-state index in [0.717, 1.165) is 19.3 Å². The molecule has 0 aromatic carbocycles. The van der Waals surface area contributed by atoms with Gasteiger partial charge >= 0.3 is 5.97 Å². The van der Waals surface area contributed by atoms with Crippen molar-refractivity contribution in [3.63, 3.8) is 0 Å². The zero-order valence-electron chi connectivity index (χ0n) is 9.42. The Balaban J connectivity index is 2.77. The lowest BCUT2D eigenvalue weighted by molar-refractivity contribution is -0.142. The van der Waals surface area contributed by atoms with E-state index in [2.05, 4.69) is 4.72 Å². The second kappa shape index (κ2) is 5.98. The number of hydrogen-bond acceptors (Lipinski definition) is 4. The Labute approximate surface area is 101 Å². The van der Waals surface area contributed by atoms with Crippen LogP contribution in [0.5, 0.6) is 0 Å². The van der Waals surface area contributed by atoms with Gasteiger partial charge in [-0.15, -0.1) is 0 Å². The molecule has 0 spiro atoms. The molecule has 0 amide bonds. The summed E-state index contributed by atoms with van der Waals surface area (Å²) >= 11 is 0. The zero-order valence-corrected chi connectivity index (χ0v) is 10.2. The average molecular weight is 260 g/mol. The lowest BCUT2D eigenvalue weighted by Gasteiger charge is -2.21. The standard InChI is InChI=1S/C10H16N2O4S/c11-6-7-17(15,16)12-9-5-3-1-2-4-8(9)10(13)14/h8-9,12H,1-5,7H2,(H,13,14). The fourth-order valence-corrected chi connectivity index (χ4v) is 3.10. The molecule has 1 aliphatic rings. The van der Waals surface area contributed by atoms with Crippen molar-refractivity contribution in [1.82, 2.24) is 4.72 Å². The van der Waals surface area contributed by atoms with E-state index >= 15 is 0 Å². The van der Waals surface area contributed by atoms with Gasteiger partial charge in [0.1, 0.15) is 0 Å². The maximum absolute atomic E-state index is 11.5. The van der Waals surface area contributed by atoms with Gasteiger partial charge in [-0.3, -0.25) is 4.79 Å². The molecule has 0 saturated heterocycles. The molecule has 7 heteroatoms. The SMILES string of the molecule is N#CCS(=O)(=O)NC1CCCCCC1C(=O)O. The van der Waals surface area contributed by atoms with Crippen molar-refractivity contribution in [2.75, 3.05) is 5.75 Å². The molecule has 0 aromatic heterocycles. The summed E-state index contributed by atoms with van der Waals surface area (Å²) in [6.07, 6.45) is 3.52. The third-order valence-electron chi connectivity index (χ3n) is 2.92. The largest absolute Gasteiger partial charge is 0.481 e. The van der Waals surface area contributed by atoms with Gasteiger partial charge in [0.2, 0.25) is 10.0 Å². The molecular formula is C10H16N2O4S. The van der Waals surface area contributed by atoms with E-state index in [1.54, 1.807) is 6.07 Å². The van der Waals surface area contributed by atoms with E-state index in [9.17, 15) is 13.2 Å². The number of aliphatic carboxylic acids is 1. The molecule has 17 heavy (non-hydrogen) atoms. The van der Waals surface area contributed by atoms with Crippen molar-refractivity contribution in [2.45, 2.75) is 38.1 Å². The summed E-state index contributed by atoms with van der Waals surface area (Å²) in [6, 6.07) is 0.970. The molecule has 1 rings (SSSR count). The van der Waals surface area contributed by atoms with Crippen LogP contribution in [0.3, 0.4) is 0 Å². The topological polar surface area (TPSA) is 107 Å². The molecule has 96 valence electrons. The predicted molar refractivity (Wildman–Crippen MR) is 60.5 cm³/mol. The molecule has 0 bridgehead atoms. The smallest absolute Gasteiger partial charge is 0.308 e. The highest BCUT2D eigenvalue weighted by Gasteiger charge is 2.32. The van der Waals surface area contributed by atoms with Crippen LogP contribution in [0.2, 0.25) is 0 Å². The fraction of sp³-hybridized carbons (Fsp3) is 0.800. The summed E-state index contributed by atoms with van der Waals surface area (Å²) in [5.74, 6) is -2.29. The van der Waals surface area contributed by atoms with Crippen LogP contribution in [-0.2, 0) is 14.8 Å². The van der Waals surface area contributed by atoms with Crippen molar-refractivity contribution >= 4 is 16.0 Å². The van der Waals surface area contributed by atoms with Crippen LogP contribution in [-0.4, -0.2) is 31.3 Å². The molecule has 2 atom stereocenters. The minimum Gasteiger partial charge on any atom is -0.481 e. The Hall–Kier alpha value is -1.13. The van der Waals surface area contributed by atoms with Gasteiger partial charge in [0.05, 0.1) is 12.0 Å². The normalized spacial score (nSPS) is 25.8. The van der Waals surface area contributed by atoms with Gasteiger partial charge in [0, 0.05) is 6.04 Å². The van der Waals surface area contributed by atoms with Crippen LogP contribution in [0.1, 0.15) is 32.1 Å². The predicted octanol–water partition coefficient (Wildman–Crippen LogP) is 0.463. The quantitative estimate of drug-likeness (QED) is 0.714. The van der Waals surface area contributed by atoms with Crippen molar-refractivity contribution in [3.8, 4) is 6.07 Å². The van der Waals surface area contributed by atoms with Gasteiger partial charge in [0.15, 0.2) is 5.75 Å². The van der Waals surface area contributed by atoms with Gasteiger partial charge < -0.3 is 5.11 Å². The first-order valence-corrected chi connectivity index (χ1v) is 7.21. The molecule has 0 radical (unpaired) electrons. The number of sulfonamides is 1. The highest BCUT2D eigenvalue weighted by Crippen LogP contribution is 2.24. The van der Waals surface area contributed by atoms with E-state index in [1.807, 2.05) is 0 Å². The monoisotopic (exact) mass is 260 g/mol. The Kier molecular flexibility index (Phi) is 4.90. The molecule has 2 unspecified atom stereocenters. The van der Waals surface area contributed by atoms with Gasteiger partial charge in [-0.25, -0.2) is 13.1 Å². The highest BCUT2D eigenvalue weighted by atomic mass is 32.2. The molecule has 1 saturated carbocycles. The van der Waals surface area contributed by atoms with E-state index in [-0.39, 0.29) is 0 Å². The minimum absolute atomic E-state index is 0.481. The molecule has 1 aliphatic carbocycles. The van der Waals surface area contributed by atoms with Gasteiger partial charge in [-0.2, -0.15) is 5.26 Å². The van der Waals surface area contributed by atoms with Gasteiger partial charge in [0.25, 0.3) is 0 Å². The summed E-state index contributed by atoms with van der Waals surface area (Å²) in [5, 5.41) is 17.4. The Morgan fingerprint density at radius 2 is 2.00 bits per heavy atom. The van der Waals surface area contributed by atoms with Crippen LogP contribution in [0, 0.1) is 17.2 Å². The molecule has 0 heterocycles. The van der Waals surface area contributed by atoms with Crippen LogP contribution in [0.25, 0.3) is 0 Å². The molecule has 6 nitrogen and oxygen atoms in total. The zero-order chi connectivity index (χ0) is 12.9. The third-order valence-corrected chi connectivity index (χ3v) is 4.09. The van der Waals surface area contributed by atoms with Crippen LogP contribution in [0.15, 0.2) is 0 Å². The van der Waals surface area contributed by atoms with E-state index in [4.69, 9.17) is 10.4 Å². The lowest BCUT2D eigenvalue weighted by Crippen LogP contribution is -2.43. The second-order valence-corrected chi connectivity index (χ2v) is 5.98. The first kappa shape index (κ1) is 13.9. The maximum Gasteiger partial charge on any atom is 0.308 e. The maximum atomic E-state index is 11.5.